The summed E-state index contributed by atoms with van der Waals surface area (Å²) in [6.45, 7) is -1.25. The minimum Gasteiger partial charge on any atom is -0.263 e. The monoisotopic (exact) mass is 378 g/mol. The Morgan fingerprint density at radius 1 is 1.19 bits per heavy atom. The van der Waals surface area contributed by atoms with Gasteiger partial charge in [0.15, 0.2) is 0 Å². The molecule has 0 bridgehead atoms. The van der Waals surface area contributed by atoms with E-state index in [2.05, 4.69) is 25.6 Å². The van der Waals surface area contributed by atoms with E-state index in [0.717, 1.165) is 31.3 Å². The molecule has 0 saturated heterocycles. The topological polar surface area (TPSA) is 68.0 Å². The molecule has 3 rings (SSSR count). The van der Waals surface area contributed by atoms with Gasteiger partial charge in [0.1, 0.15) is 17.9 Å². The van der Waals surface area contributed by atoms with E-state index >= 15 is 0 Å². The van der Waals surface area contributed by atoms with Crippen molar-refractivity contribution in [3.05, 3.63) is 35.4 Å². The highest BCUT2D eigenvalue weighted by atomic mass is 19.4. The van der Waals surface area contributed by atoms with Crippen molar-refractivity contribution in [3.8, 4) is 0 Å². The molecule has 0 aliphatic heterocycles. The third-order valence-corrected chi connectivity index (χ3v) is 3.40. The van der Waals surface area contributed by atoms with Gasteiger partial charge in [-0.25, -0.2) is 15.4 Å². The quantitative estimate of drug-likeness (QED) is 0.491. The number of hydrogen-bond acceptors (Lipinski definition) is 5. The van der Waals surface area contributed by atoms with Crippen LogP contribution in [0.2, 0.25) is 0 Å². The molecule has 0 unspecified atom stereocenters. The van der Waals surface area contributed by atoms with Gasteiger partial charge in [-0.3, -0.25) is 4.68 Å². The Morgan fingerprint density at radius 3 is 2.54 bits per heavy atom. The second-order valence-corrected chi connectivity index (χ2v) is 5.70. The lowest BCUT2D eigenvalue weighted by atomic mass is 10.2. The molecule has 12 heteroatoms. The molecule has 0 amide bonds. The molecule has 0 radical (unpaired) electrons. The molecular formula is C14H12F6N6. The highest BCUT2D eigenvalue weighted by molar-refractivity contribution is 5.77. The lowest BCUT2D eigenvalue weighted by Crippen LogP contribution is -2.18. The molecule has 1 fully saturated rings. The Balaban J connectivity index is 1.71. The molecule has 1 aliphatic rings. The molecular weight excluding hydrogens is 366 g/mol. The molecule has 6 nitrogen and oxygen atoms in total. The van der Waals surface area contributed by atoms with Crippen LogP contribution in [0.4, 0.5) is 32.3 Å². The molecule has 1 aliphatic carbocycles. The average molecular weight is 378 g/mol. The number of hydrogen-bond donors (Lipinski definition) is 1. The van der Waals surface area contributed by atoms with Crippen LogP contribution in [-0.2, 0) is 12.7 Å². The van der Waals surface area contributed by atoms with E-state index in [0.29, 0.717) is 4.68 Å². The molecule has 0 aromatic carbocycles. The average Bonchev–Trinajstić information content (AvgIpc) is 3.27. The molecule has 0 atom stereocenters. The zero-order valence-electron chi connectivity index (χ0n) is 13.0. The predicted octanol–water partition coefficient (Wildman–Crippen LogP) is 3.58. The zero-order chi connectivity index (χ0) is 18.9. The summed E-state index contributed by atoms with van der Waals surface area (Å²) in [7, 11) is 0. The summed E-state index contributed by atoms with van der Waals surface area (Å²) in [5.74, 6) is -0.366. The van der Waals surface area contributed by atoms with Gasteiger partial charge in [-0.2, -0.15) is 36.5 Å². The Labute approximate surface area is 142 Å². The highest BCUT2D eigenvalue weighted by Gasteiger charge is 2.36. The van der Waals surface area contributed by atoms with Crippen LogP contribution >= 0.6 is 0 Å². The van der Waals surface area contributed by atoms with Crippen LogP contribution in [0.3, 0.4) is 0 Å². The summed E-state index contributed by atoms with van der Waals surface area (Å²) in [5, 5.41) is 7.27. The summed E-state index contributed by atoms with van der Waals surface area (Å²) in [4.78, 5) is 7.35. The molecule has 2 heterocycles. The minimum absolute atomic E-state index is 0.0262. The summed E-state index contributed by atoms with van der Waals surface area (Å²) in [6, 6.07) is 2.19. The molecule has 26 heavy (non-hydrogen) atoms. The van der Waals surface area contributed by atoms with E-state index in [9.17, 15) is 26.3 Å². The van der Waals surface area contributed by atoms with E-state index in [1.807, 2.05) is 0 Å². The summed E-state index contributed by atoms with van der Waals surface area (Å²) < 4.78 is 76.1. The van der Waals surface area contributed by atoms with Crippen molar-refractivity contribution in [1.82, 2.24) is 19.7 Å². The third-order valence-electron chi connectivity index (χ3n) is 3.40. The Bertz CT molecular complexity index is 805. The van der Waals surface area contributed by atoms with Crippen molar-refractivity contribution in [1.29, 1.82) is 0 Å². The first kappa shape index (κ1) is 18.1. The normalized spacial score (nSPS) is 15.6. The maximum Gasteiger partial charge on any atom is 0.433 e. The van der Waals surface area contributed by atoms with Crippen LogP contribution in [0.15, 0.2) is 23.4 Å². The van der Waals surface area contributed by atoms with Crippen molar-refractivity contribution >= 4 is 12.2 Å². The smallest absolute Gasteiger partial charge is 0.263 e. The van der Waals surface area contributed by atoms with E-state index in [1.54, 1.807) is 0 Å². The van der Waals surface area contributed by atoms with Crippen LogP contribution in [-0.4, -0.2) is 32.1 Å². The van der Waals surface area contributed by atoms with E-state index in [1.165, 1.54) is 6.07 Å². The molecule has 2 aromatic heterocycles. The standard InChI is InChI=1S/C14H12F6N6/c15-13(16,17)7-26-4-3-9(25-26)6-21-24-12-22-10(8-1-2-8)5-11(23-12)14(18,19)20/h3-6,8H,1-2,7H2,(H,22,23,24)/b21-6-. The lowest BCUT2D eigenvalue weighted by Gasteiger charge is -2.09. The highest BCUT2D eigenvalue weighted by Crippen LogP contribution is 2.41. The minimum atomic E-state index is -4.62. The van der Waals surface area contributed by atoms with Crippen LogP contribution in [0.5, 0.6) is 0 Å². The van der Waals surface area contributed by atoms with Gasteiger partial charge in [0.25, 0.3) is 0 Å². The summed E-state index contributed by atoms with van der Waals surface area (Å²) in [6.07, 6.45) is -5.34. The van der Waals surface area contributed by atoms with Crippen LogP contribution in [0.25, 0.3) is 0 Å². The van der Waals surface area contributed by atoms with E-state index in [-0.39, 0.29) is 23.3 Å². The molecule has 2 aromatic rings. The second kappa shape index (κ2) is 6.57. The predicted molar refractivity (Wildman–Crippen MR) is 78.5 cm³/mol. The summed E-state index contributed by atoms with van der Waals surface area (Å²) >= 11 is 0. The fourth-order valence-electron chi connectivity index (χ4n) is 2.12. The van der Waals surface area contributed by atoms with Crippen molar-refractivity contribution in [3.63, 3.8) is 0 Å². The van der Waals surface area contributed by atoms with Crippen LogP contribution in [0, 0.1) is 0 Å². The first-order valence-electron chi connectivity index (χ1n) is 7.45. The Kier molecular flexibility index (Phi) is 4.59. The van der Waals surface area contributed by atoms with Gasteiger partial charge in [0, 0.05) is 17.8 Å². The third kappa shape index (κ3) is 4.92. The van der Waals surface area contributed by atoms with Gasteiger partial charge in [-0.15, -0.1) is 0 Å². The van der Waals surface area contributed by atoms with Gasteiger partial charge in [0.2, 0.25) is 5.95 Å². The maximum absolute atomic E-state index is 12.9. The fourth-order valence-corrected chi connectivity index (χ4v) is 2.12. The van der Waals surface area contributed by atoms with Gasteiger partial charge >= 0.3 is 12.4 Å². The first-order valence-corrected chi connectivity index (χ1v) is 7.45. The summed E-state index contributed by atoms with van der Waals surface area (Å²) in [5.41, 5.74) is 1.55. The number of halogens is 6. The van der Waals surface area contributed by atoms with Gasteiger partial charge in [-0.1, -0.05) is 0 Å². The second-order valence-electron chi connectivity index (χ2n) is 5.70. The van der Waals surface area contributed by atoms with E-state index in [4.69, 9.17) is 0 Å². The zero-order valence-corrected chi connectivity index (χ0v) is 13.0. The number of anilines is 1. The Hall–Kier alpha value is -2.66. The van der Waals surface area contributed by atoms with Gasteiger partial charge < -0.3 is 0 Å². The van der Waals surface area contributed by atoms with Crippen molar-refractivity contribution < 1.29 is 26.3 Å². The molecule has 140 valence electrons. The number of alkyl halides is 6. The lowest BCUT2D eigenvalue weighted by molar-refractivity contribution is -0.143. The SMILES string of the molecule is FC(F)(F)Cn1ccc(/C=N\Nc2nc(C3CC3)cc(C(F)(F)F)n2)n1. The number of nitrogens with zero attached hydrogens (tertiary/aromatic N) is 5. The number of nitrogens with one attached hydrogen (secondary N) is 1. The van der Waals surface area contributed by atoms with Crippen molar-refractivity contribution in [2.45, 2.75) is 37.7 Å². The fraction of sp³-hybridized carbons (Fsp3) is 0.429. The van der Waals surface area contributed by atoms with Gasteiger partial charge in [0.05, 0.1) is 6.21 Å². The number of rotatable bonds is 5. The first-order chi connectivity index (χ1) is 12.1. The number of hydrazone groups is 1. The van der Waals surface area contributed by atoms with Crippen LogP contribution < -0.4 is 5.43 Å². The maximum atomic E-state index is 12.9. The largest absolute Gasteiger partial charge is 0.433 e. The number of aromatic nitrogens is 4. The molecule has 1 saturated carbocycles. The van der Waals surface area contributed by atoms with Crippen molar-refractivity contribution in [2.75, 3.05) is 5.43 Å². The van der Waals surface area contributed by atoms with Gasteiger partial charge in [-0.05, 0) is 25.0 Å². The Morgan fingerprint density at radius 2 is 1.92 bits per heavy atom. The van der Waals surface area contributed by atoms with Crippen LogP contribution in [0.1, 0.15) is 35.8 Å². The molecule has 0 spiro atoms. The van der Waals surface area contributed by atoms with E-state index < -0.39 is 24.6 Å². The van der Waals surface area contributed by atoms with Crippen molar-refractivity contribution in [2.24, 2.45) is 5.10 Å². The molecule has 1 N–H and O–H groups in total.